The molecule has 1 N–H and O–H groups in total. The van der Waals surface area contributed by atoms with Crippen molar-refractivity contribution in [2.24, 2.45) is 0 Å². The number of unbranched alkanes of at least 4 members (excludes halogenated alkanes) is 2. The van der Waals surface area contributed by atoms with Crippen LogP contribution in [0.2, 0.25) is 5.02 Å². The average Bonchev–Trinajstić information content (AvgIpc) is 3.15. The van der Waals surface area contributed by atoms with Crippen molar-refractivity contribution in [2.75, 3.05) is 25.0 Å². The Morgan fingerprint density at radius 3 is 2.44 bits per heavy atom. The van der Waals surface area contributed by atoms with Gasteiger partial charge in [0, 0.05) is 26.1 Å². The van der Waals surface area contributed by atoms with Crippen LogP contribution in [0.15, 0.2) is 24.4 Å². The number of benzene rings is 1. The van der Waals surface area contributed by atoms with Crippen LogP contribution in [-0.4, -0.2) is 40.2 Å². The van der Waals surface area contributed by atoms with Crippen LogP contribution in [0.3, 0.4) is 0 Å². The molecule has 1 heterocycles. The fourth-order valence-corrected chi connectivity index (χ4v) is 3.40. The normalized spacial score (nSPS) is 11.3. The smallest absolute Gasteiger partial charge is 0.368 e. The van der Waals surface area contributed by atoms with Gasteiger partial charge in [0.05, 0.1) is 22.5 Å². The zero-order valence-corrected chi connectivity index (χ0v) is 18.9. The van der Waals surface area contributed by atoms with E-state index >= 15 is 0 Å². The molecule has 0 aliphatic carbocycles. The van der Waals surface area contributed by atoms with E-state index in [9.17, 15) is 23.2 Å². The minimum atomic E-state index is -4.52. The molecule has 1 amide bonds. The van der Waals surface area contributed by atoms with E-state index in [1.54, 1.807) is 0 Å². The first-order valence-corrected chi connectivity index (χ1v) is 11.0. The van der Waals surface area contributed by atoms with E-state index in [-0.39, 0.29) is 41.0 Å². The molecule has 0 bridgehead atoms. The molecule has 6 nitrogen and oxygen atoms in total. The number of hydrogen-bond donors (Lipinski definition) is 1. The molecule has 0 spiro atoms. The number of nitrogens with zero attached hydrogens (tertiary/aromatic N) is 4. The van der Waals surface area contributed by atoms with Crippen molar-refractivity contribution in [3.8, 4) is 11.8 Å². The van der Waals surface area contributed by atoms with Gasteiger partial charge in [0.25, 0.3) is 0 Å². The van der Waals surface area contributed by atoms with Gasteiger partial charge in [-0.05, 0) is 31.0 Å². The number of carbonyl (C=O) groups is 1. The Labute approximate surface area is 191 Å². The summed E-state index contributed by atoms with van der Waals surface area (Å²) in [5, 5.41) is 16.4. The van der Waals surface area contributed by atoms with Gasteiger partial charge in [-0.2, -0.15) is 23.5 Å². The van der Waals surface area contributed by atoms with Gasteiger partial charge in [-0.1, -0.05) is 38.3 Å². The van der Waals surface area contributed by atoms with E-state index in [0.717, 1.165) is 37.8 Å². The maximum absolute atomic E-state index is 12.9. The number of rotatable bonds is 11. The van der Waals surface area contributed by atoms with E-state index in [1.807, 2.05) is 11.0 Å². The molecule has 32 heavy (non-hydrogen) atoms. The highest BCUT2D eigenvalue weighted by Gasteiger charge is 2.31. The van der Waals surface area contributed by atoms with Crippen molar-refractivity contribution in [3.63, 3.8) is 0 Å². The maximum atomic E-state index is 12.9. The molecule has 174 valence electrons. The van der Waals surface area contributed by atoms with Crippen LogP contribution < -0.4 is 5.32 Å². The number of aromatic nitrogens is 2. The molecule has 10 heteroatoms. The van der Waals surface area contributed by atoms with Gasteiger partial charge in [0.2, 0.25) is 5.91 Å². The predicted octanol–water partition coefficient (Wildman–Crippen LogP) is 5.65. The van der Waals surface area contributed by atoms with Crippen molar-refractivity contribution in [3.05, 3.63) is 40.5 Å². The monoisotopic (exact) mass is 469 g/mol. The summed E-state index contributed by atoms with van der Waals surface area (Å²) in [6.07, 6.45) is 0.838. The van der Waals surface area contributed by atoms with Crippen molar-refractivity contribution < 1.29 is 18.0 Å². The molecule has 0 aliphatic heterocycles. The first kappa shape index (κ1) is 25.5. The largest absolute Gasteiger partial charge is 0.416 e. The molecular weight excluding hydrogens is 443 g/mol. The van der Waals surface area contributed by atoms with Crippen LogP contribution in [0.4, 0.5) is 19.0 Å². The van der Waals surface area contributed by atoms with E-state index in [1.165, 1.54) is 16.9 Å². The van der Waals surface area contributed by atoms with Crippen LogP contribution >= 0.6 is 11.6 Å². The first-order chi connectivity index (χ1) is 15.2. The third-order valence-corrected chi connectivity index (χ3v) is 5.24. The Morgan fingerprint density at radius 1 is 1.25 bits per heavy atom. The molecule has 0 saturated carbocycles. The van der Waals surface area contributed by atoms with Crippen molar-refractivity contribution in [2.45, 2.75) is 52.1 Å². The van der Waals surface area contributed by atoms with Crippen LogP contribution in [-0.2, 0) is 11.0 Å². The molecule has 0 aliphatic rings. The third kappa shape index (κ3) is 6.63. The first-order valence-electron chi connectivity index (χ1n) is 10.6. The van der Waals surface area contributed by atoms with Crippen molar-refractivity contribution in [1.29, 1.82) is 5.26 Å². The van der Waals surface area contributed by atoms with E-state index in [0.29, 0.717) is 13.1 Å². The molecule has 0 fully saturated rings. The van der Waals surface area contributed by atoms with E-state index < -0.39 is 11.7 Å². The minimum Gasteiger partial charge on any atom is -0.368 e. The Morgan fingerprint density at radius 2 is 1.91 bits per heavy atom. The molecule has 0 unspecified atom stereocenters. The van der Waals surface area contributed by atoms with Gasteiger partial charge in [0.15, 0.2) is 0 Å². The van der Waals surface area contributed by atoms with E-state index in [2.05, 4.69) is 24.3 Å². The summed E-state index contributed by atoms with van der Waals surface area (Å²) < 4.78 is 40.1. The SMILES string of the molecule is CCCCN(CCCC)C(=O)CCNc1c(C#N)cnn1-c1ccc(C(F)(F)F)cc1Cl. The van der Waals surface area contributed by atoms with Gasteiger partial charge in [-0.25, -0.2) is 4.68 Å². The number of anilines is 1. The number of alkyl halides is 3. The molecular formula is C22H27ClF3N5O. The fourth-order valence-electron chi connectivity index (χ4n) is 3.14. The van der Waals surface area contributed by atoms with Gasteiger partial charge in [-0.15, -0.1) is 0 Å². The zero-order valence-electron chi connectivity index (χ0n) is 18.2. The summed E-state index contributed by atoms with van der Waals surface area (Å²) >= 11 is 6.09. The second kappa shape index (κ2) is 11.8. The number of hydrogen-bond acceptors (Lipinski definition) is 4. The number of halogens is 4. The molecule has 0 atom stereocenters. The highest BCUT2D eigenvalue weighted by molar-refractivity contribution is 6.32. The summed E-state index contributed by atoms with van der Waals surface area (Å²) in [4.78, 5) is 14.5. The van der Waals surface area contributed by atoms with Crippen LogP contribution in [0, 0.1) is 11.3 Å². The lowest BCUT2D eigenvalue weighted by Crippen LogP contribution is -2.34. The van der Waals surface area contributed by atoms with Crippen LogP contribution in [0.5, 0.6) is 0 Å². The second-order valence-electron chi connectivity index (χ2n) is 7.36. The maximum Gasteiger partial charge on any atom is 0.416 e. The lowest BCUT2D eigenvalue weighted by Gasteiger charge is -2.22. The van der Waals surface area contributed by atoms with Crippen LogP contribution in [0.25, 0.3) is 5.69 Å². The summed E-state index contributed by atoms with van der Waals surface area (Å²) in [5.74, 6) is 0.284. The van der Waals surface area contributed by atoms with Crippen LogP contribution in [0.1, 0.15) is 57.1 Å². The fraction of sp³-hybridized carbons (Fsp3) is 0.500. The topological polar surface area (TPSA) is 74.0 Å². The van der Waals surface area contributed by atoms with Crippen molar-refractivity contribution in [1.82, 2.24) is 14.7 Å². The minimum absolute atomic E-state index is 0.0107. The summed E-state index contributed by atoms with van der Waals surface area (Å²) in [6, 6.07) is 4.92. The lowest BCUT2D eigenvalue weighted by atomic mass is 10.2. The van der Waals surface area contributed by atoms with Gasteiger partial charge in [0.1, 0.15) is 17.5 Å². The van der Waals surface area contributed by atoms with Gasteiger partial charge in [-0.3, -0.25) is 4.79 Å². The Bertz CT molecular complexity index is 944. The molecule has 1 aromatic carbocycles. The number of nitriles is 1. The standard InChI is InChI=1S/C22H27ClF3N5O/c1-3-5-11-30(12-6-4-2)20(32)9-10-28-21-16(14-27)15-29-31(21)19-8-7-17(13-18(19)23)22(24,25)26/h7-8,13,15,28H,3-6,9-12H2,1-2H3. The third-order valence-electron chi connectivity index (χ3n) is 4.94. The number of carbonyl (C=O) groups excluding carboxylic acids is 1. The summed E-state index contributed by atoms with van der Waals surface area (Å²) in [7, 11) is 0. The molecule has 2 aromatic rings. The molecule has 0 radical (unpaired) electrons. The quantitative estimate of drug-likeness (QED) is 0.461. The number of nitrogens with one attached hydrogen (secondary N) is 1. The van der Waals surface area contributed by atoms with Gasteiger partial charge >= 0.3 is 6.18 Å². The summed E-state index contributed by atoms with van der Waals surface area (Å²) in [6.45, 7) is 5.80. The molecule has 0 saturated heterocycles. The Hall–Kier alpha value is -2.73. The highest BCUT2D eigenvalue weighted by Crippen LogP contribution is 2.34. The predicted molar refractivity (Wildman–Crippen MR) is 118 cm³/mol. The second-order valence-corrected chi connectivity index (χ2v) is 7.77. The average molecular weight is 470 g/mol. The number of amides is 1. The van der Waals surface area contributed by atoms with E-state index in [4.69, 9.17) is 11.6 Å². The Balaban J connectivity index is 2.16. The Kier molecular flexibility index (Phi) is 9.39. The lowest BCUT2D eigenvalue weighted by molar-refractivity contribution is -0.137. The molecule has 2 rings (SSSR count). The summed E-state index contributed by atoms with van der Waals surface area (Å²) in [5.41, 5.74) is -0.483. The zero-order chi connectivity index (χ0) is 23.7. The van der Waals surface area contributed by atoms with Gasteiger partial charge < -0.3 is 10.2 Å². The molecule has 1 aromatic heterocycles. The highest BCUT2D eigenvalue weighted by atomic mass is 35.5. The van der Waals surface area contributed by atoms with Crippen molar-refractivity contribution >= 4 is 23.3 Å².